The molecule has 0 aromatic heterocycles. The molecular formula is C17H26O6. The Morgan fingerprint density at radius 2 is 1.57 bits per heavy atom. The summed E-state index contributed by atoms with van der Waals surface area (Å²) >= 11 is 0. The van der Waals surface area contributed by atoms with Gasteiger partial charge in [0.05, 0.1) is 0 Å². The Balaban J connectivity index is 2.53. The van der Waals surface area contributed by atoms with Crippen molar-refractivity contribution in [1.82, 2.24) is 0 Å². The van der Waals surface area contributed by atoms with Crippen LogP contribution in [-0.4, -0.2) is 49.9 Å². The lowest BCUT2D eigenvalue weighted by atomic mass is 10.1. The summed E-state index contributed by atoms with van der Waals surface area (Å²) in [5.41, 5.74) is 0.879. The van der Waals surface area contributed by atoms with Gasteiger partial charge < -0.3 is 24.1 Å². The van der Waals surface area contributed by atoms with Crippen LogP contribution in [0, 0.1) is 0 Å². The molecule has 0 saturated carbocycles. The number of rotatable bonds is 12. The van der Waals surface area contributed by atoms with Crippen LogP contribution in [0.3, 0.4) is 0 Å². The van der Waals surface area contributed by atoms with E-state index < -0.39 is 12.1 Å². The normalized spacial score (nSPS) is 12.3. The Hall–Kier alpha value is -1.63. The van der Waals surface area contributed by atoms with Crippen LogP contribution in [0.5, 0.6) is 5.75 Å². The lowest BCUT2D eigenvalue weighted by molar-refractivity contribution is -0.152. The highest BCUT2D eigenvalue weighted by atomic mass is 16.7. The highest BCUT2D eigenvalue weighted by molar-refractivity contribution is 5.72. The van der Waals surface area contributed by atoms with Crippen molar-refractivity contribution in [2.24, 2.45) is 0 Å². The molecule has 1 atom stereocenters. The lowest BCUT2D eigenvalue weighted by Gasteiger charge is -2.17. The first kappa shape index (κ1) is 19.4. The number of carboxylic acids is 1. The van der Waals surface area contributed by atoms with E-state index in [1.807, 2.05) is 26.0 Å². The summed E-state index contributed by atoms with van der Waals surface area (Å²) in [6.45, 7) is 7.37. The van der Waals surface area contributed by atoms with Gasteiger partial charge in [0.25, 0.3) is 0 Å². The van der Waals surface area contributed by atoms with Gasteiger partial charge in [-0.15, -0.1) is 0 Å². The maximum Gasteiger partial charge on any atom is 0.333 e. The fourth-order valence-electron chi connectivity index (χ4n) is 2.03. The predicted octanol–water partition coefficient (Wildman–Crippen LogP) is 2.50. The first-order valence-electron chi connectivity index (χ1n) is 7.90. The van der Waals surface area contributed by atoms with Crippen LogP contribution in [0.25, 0.3) is 0 Å². The van der Waals surface area contributed by atoms with Gasteiger partial charge in [0.15, 0.2) is 12.4 Å². The number of carboxylic acid groups (broad SMARTS) is 1. The number of ether oxygens (including phenoxy) is 4. The molecule has 0 aliphatic heterocycles. The van der Waals surface area contributed by atoms with E-state index in [-0.39, 0.29) is 6.29 Å². The first-order valence-corrected chi connectivity index (χ1v) is 7.90. The van der Waals surface area contributed by atoms with Gasteiger partial charge in [-0.25, -0.2) is 4.79 Å². The molecule has 0 radical (unpaired) electrons. The maximum atomic E-state index is 11.1. The smallest absolute Gasteiger partial charge is 0.333 e. The largest absolute Gasteiger partial charge is 0.488 e. The van der Waals surface area contributed by atoms with Gasteiger partial charge >= 0.3 is 5.97 Å². The molecule has 0 fully saturated rings. The highest BCUT2D eigenvalue weighted by Gasteiger charge is 2.17. The molecule has 6 nitrogen and oxygen atoms in total. The Labute approximate surface area is 137 Å². The summed E-state index contributed by atoms with van der Waals surface area (Å²) in [7, 11) is 0. The molecule has 0 spiro atoms. The lowest BCUT2D eigenvalue weighted by Crippen LogP contribution is -2.26. The van der Waals surface area contributed by atoms with Crippen LogP contribution < -0.4 is 4.74 Å². The average Bonchev–Trinajstić information content (AvgIpc) is 2.54. The Bertz CT molecular complexity index is 439. The van der Waals surface area contributed by atoms with E-state index in [4.69, 9.17) is 24.1 Å². The Morgan fingerprint density at radius 3 is 2.04 bits per heavy atom. The molecular weight excluding hydrogens is 300 g/mol. The van der Waals surface area contributed by atoms with Crippen LogP contribution in [0.1, 0.15) is 26.3 Å². The van der Waals surface area contributed by atoms with E-state index in [1.54, 1.807) is 19.1 Å². The molecule has 1 unspecified atom stereocenters. The van der Waals surface area contributed by atoms with Crippen molar-refractivity contribution < 1.29 is 28.8 Å². The number of aliphatic carboxylic acids is 1. The molecule has 1 N–H and O–H groups in total. The van der Waals surface area contributed by atoms with Gasteiger partial charge in [-0.1, -0.05) is 12.1 Å². The van der Waals surface area contributed by atoms with Crippen LogP contribution >= 0.6 is 0 Å². The molecule has 0 bridgehead atoms. The third-order valence-corrected chi connectivity index (χ3v) is 3.08. The van der Waals surface area contributed by atoms with Gasteiger partial charge in [0, 0.05) is 26.2 Å². The van der Waals surface area contributed by atoms with E-state index in [0.29, 0.717) is 38.6 Å². The van der Waals surface area contributed by atoms with Crippen molar-refractivity contribution in [3.8, 4) is 5.75 Å². The number of benzene rings is 1. The topological polar surface area (TPSA) is 74.2 Å². The zero-order chi connectivity index (χ0) is 17.1. The van der Waals surface area contributed by atoms with Crippen LogP contribution in [-0.2, 0) is 25.4 Å². The van der Waals surface area contributed by atoms with Crippen LogP contribution in [0.2, 0.25) is 0 Å². The van der Waals surface area contributed by atoms with E-state index in [0.717, 1.165) is 5.56 Å². The Morgan fingerprint density at radius 1 is 1.00 bits per heavy atom. The Kier molecular flexibility index (Phi) is 9.28. The molecule has 0 aliphatic rings. The summed E-state index contributed by atoms with van der Waals surface area (Å²) in [5.74, 6) is -0.273. The quantitative estimate of drug-likeness (QED) is 0.595. The first-order chi connectivity index (χ1) is 11.1. The van der Waals surface area contributed by atoms with Crippen molar-refractivity contribution >= 4 is 5.97 Å². The summed E-state index contributed by atoms with van der Waals surface area (Å²) in [6, 6.07) is 7.27. The summed E-state index contributed by atoms with van der Waals surface area (Å²) in [5, 5.41) is 9.09. The molecule has 130 valence electrons. The zero-order valence-corrected chi connectivity index (χ0v) is 14.0. The fraction of sp³-hybridized carbons (Fsp3) is 0.588. The van der Waals surface area contributed by atoms with Crippen molar-refractivity contribution in [3.63, 3.8) is 0 Å². The predicted molar refractivity (Wildman–Crippen MR) is 85.7 cm³/mol. The van der Waals surface area contributed by atoms with Gasteiger partial charge in [-0.2, -0.15) is 0 Å². The second kappa shape index (κ2) is 11.0. The maximum absolute atomic E-state index is 11.1. The molecule has 1 aromatic carbocycles. The summed E-state index contributed by atoms with van der Waals surface area (Å²) in [6.07, 6.45) is -0.893. The van der Waals surface area contributed by atoms with Crippen molar-refractivity contribution in [1.29, 1.82) is 0 Å². The molecule has 6 heteroatoms. The van der Waals surface area contributed by atoms with Gasteiger partial charge in [-0.3, -0.25) is 0 Å². The van der Waals surface area contributed by atoms with E-state index in [1.165, 1.54) is 0 Å². The average molecular weight is 326 g/mol. The van der Waals surface area contributed by atoms with E-state index >= 15 is 0 Å². The van der Waals surface area contributed by atoms with Gasteiger partial charge in [-0.05, 0) is 38.5 Å². The SMILES string of the molecule is CCOC(COc1ccc(CC(OCC)C(=O)O)cc1)OCC. The standard InChI is InChI=1S/C17H26O6/c1-4-20-15(17(18)19)11-13-7-9-14(10-8-13)23-12-16(21-5-2)22-6-3/h7-10,15-16H,4-6,11-12H2,1-3H3,(H,18,19). The zero-order valence-electron chi connectivity index (χ0n) is 14.0. The third-order valence-electron chi connectivity index (χ3n) is 3.08. The molecule has 0 amide bonds. The summed E-state index contributed by atoms with van der Waals surface area (Å²) < 4.78 is 21.6. The van der Waals surface area contributed by atoms with Crippen molar-refractivity contribution in [3.05, 3.63) is 29.8 Å². The molecule has 1 rings (SSSR count). The number of carbonyl (C=O) groups is 1. The molecule has 23 heavy (non-hydrogen) atoms. The van der Waals surface area contributed by atoms with Crippen molar-refractivity contribution in [2.75, 3.05) is 26.4 Å². The second-order valence-electron chi connectivity index (χ2n) is 4.78. The van der Waals surface area contributed by atoms with Crippen LogP contribution in [0.4, 0.5) is 0 Å². The molecule has 0 aliphatic carbocycles. The van der Waals surface area contributed by atoms with E-state index in [2.05, 4.69) is 0 Å². The monoisotopic (exact) mass is 326 g/mol. The molecule has 0 heterocycles. The minimum atomic E-state index is -0.955. The van der Waals surface area contributed by atoms with Crippen LogP contribution in [0.15, 0.2) is 24.3 Å². The second-order valence-corrected chi connectivity index (χ2v) is 4.78. The van der Waals surface area contributed by atoms with Gasteiger partial charge in [0.1, 0.15) is 12.4 Å². The van der Waals surface area contributed by atoms with Gasteiger partial charge in [0.2, 0.25) is 0 Å². The number of hydrogen-bond donors (Lipinski definition) is 1. The highest BCUT2D eigenvalue weighted by Crippen LogP contribution is 2.15. The third kappa shape index (κ3) is 7.45. The number of hydrogen-bond acceptors (Lipinski definition) is 5. The van der Waals surface area contributed by atoms with E-state index in [9.17, 15) is 4.79 Å². The molecule has 1 aromatic rings. The fourth-order valence-corrected chi connectivity index (χ4v) is 2.03. The molecule has 0 saturated heterocycles. The summed E-state index contributed by atoms with van der Waals surface area (Å²) in [4.78, 5) is 11.1. The minimum Gasteiger partial charge on any atom is -0.488 e. The minimum absolute atomic E-state index is 0.303. The van der Waals surface area contributed by atoms with Crippen molar-refractivity contribution in [2.45, 2.75) is 39.6 Å².